The molecule has 5 rings (SSSR count). The highest BCUT2D eigenvalue weighted by Crippen LogP contribution is 2.35. The van der Waals surface area contributed by atoms with Crippen LogP contribution in [0.15, 0.2) is 30.6 Å². The molecule has 2 atom stereocenters. The normalized spacial score (nSPS) is 23.0. The number of hydrogen-bond donors (Lipinski definition) is 0. The Balaban J connectivity index is 1.15. The van der Waals surface area contributed by atoms with Gasteiger partial charge < -0.3 is 9.64 Å². The van der Waals surface area contributed by atoms with Crippen LogP contribution in [0, 0.1) is 19.8 Å². The second-order valence-corrected chi connectivity index (χ2v) is 13.9. The number of rotatable bonds is 10. The summed E-state index contributed by atoms with van der Waals surface area (Å²) in [5.74, 6) is 1.80. The molecule has 242 valence electrons. The number of carbonyl (C=O) groups is 1. The molecule has 4 heterocycles. The van der Waals surface area contributed by atoms with Crippen LogP contribution in [0.25, 0.3) is 0 Å². The third kappa shape index (κ3) is 7.45. The van der Waals surface area contributed by atoms with Crippen molar-refractivity contribution in [2.75, 3.05) is 52.9 Å². The monoisotopic (exact) mass is 604 g/mol. The van der Waals surface area contributed by atoms with Gasteiger partial charge in [0.05, 0.1) is 24.1 Å². The minimum Gasteiger partial charge on any atom is -0.497 e. The Morgan fingerprint density at radius 3 is 2.25 bits per heavy atom. The van der Waals surface area contributed by atoms with Crippen molar-refractivity contribution in [3.05, 3.63) is 53.1 Å². The first kappa shape index (κ1) is 32.8. The van der Waals surface area contributed by atoms with Crippen LogP contribution in [-0.4, -0.2) is 106 Å². The standard InChI is InChI=1S/C36H56N6O2/c1-7-8-9-33(31-14-18-39(19-15-31)25-30-10-12-32(44-6)13-11-30)42-23-22-41(24-27(42)2)36(5)16-20-40(21-17-36)35(43)34-28(3)37-26-38-29(34)4/h10-13,26-27,31,33H,7-9,14-25H2,1-6H3/t27-,33-/m0/s1. The first-order chi connectivity index (χ1) is 21.2. The molecule has 1 amide bonds. The molecule has 0 saturated carbocycles. The molecule has 0 spiro atoms. The molecule has 0 unspecified atom stereocenters. The van der Waals surface area contributed by atoms with Crippen molar-refractivity contribution in [3.8, 4) is 5.75 Å². The van der Waals surface area contributed by atoms with E-state index in [1.165, 1.54) is 50.8 Å². The van der Waals surface area contributed by atoms with E-state index in [4.69, 9.17) is 4.74 Å². The first-order valence-electron chi connectivity index (χ1n) is 17.2. The number of aryl methyl sites for hydroxylation is 2. The number of benzene rings is 1. The lowest BCUT2D eigenvalue weighted by Gasteiger charge is -2.54. The van der Waals surface area contributed by atoms with Crippen molar-refractivity contribution >= 4 is 5.91 Å². The van der Waals surface area contributed by atoms with E-state index in [2.05, 4.69) is 69.7 Å². The second kappa shape index (κ2) is 14.7. The number of unbranched alkanes of at least 4 members (excludes halogenated alkanes) is 1. The van der Waals surface area contributed by atoms with E-state index < -0.39 is 0 Å². The first-order valence-corrected chi connectivity index (χ1v) is 17.2. The number of ether oxygens (including phenoxy) is 1. The van der Waals surface area contributed by atoms with Gasteiger partial charge in [-0.05, 0) is 96.5 Å². The molecule has 0 aliphatic carbocycles. The van der Waals surface area contributed by atoms with Gasteiger partial charge in [-0.2, -0.15) is 0 Å². The molecule has 3 aliphatic rings. The van der Waals surface area contributed by atoms with E-state index in [0.29, 0.717) is 17.6 Å². The second-order valence-electron chi connectivity index (χ2n) is 13.9. The Morgan fingerprint density at radius 2 is 1.66 bits per heavy atom. The van der Waals surface area contributed by atoms with Gasteiger partial charge in [-0.3, -0.25) is 19.5 Å². The fourth-order valence-corrected chi connectivity index (χ4v) is 8.09. The predicted molar refractivity (Wildman–Crippen MR) is 177 cm³/mol. The fourth-order valence-electron chi connectivity index (χ4n) is 8.09. The summed E-state index contributed by atoms with van der Waals surface area (Å²) >= 11 is 0. The summed E-state index contributed by atoms with van der Waals surface area (Å²) in [7, 11) is 1.73. The van der Waals surface area contributed by atoms with E-state index >= 15 is 0 Å². The third-order valence-electron chi connectivity index (χ3n) is 11.0. The zero-order valence-electron chi connectivity index (χ0n) is 28.2. The summed E-state index contributed by atoms with van der Waals surface area (Å²) in [5, 5.41) is 0. The van der Waals surface area contributed by atoms with E-state index in [1.807, 2.05) is 18.7 Å². The third-order valence-corrected chi connectivity index (χ3v) is 11.0. The molecule has 0 radical (unpaired) electrons. The molecule has 3 fully saturated rings. The van der Waals surface area contributed by atoms with Crippen LogP contribution in [0.1, 0.15) is 93.0 Å². The predicted octanol–water partition coefficient (Wildman–Crippen LogP) is 5.57. The molecule has 8 nitrogen and oxygen atoms in total. The van der Waals surface area contributed by atoms with Crippen LogP contribution in [0.4, 0.5) is 0 Å². The maximum atomic E-state index is 13.4. The van der Waals surface area contributed by atoms with Gasteiger partial charge in [0.1, 0.15) is 12.1 Å². The lowest BCUT2D eigenvalue weighted by Crippen LogP contribution is -2.64. The van der Waals surface area contributed by atoms with Crippen LogP contribution in [0.3, 0.4) is 0 Å². The van der Waals surface area contributed by atoms with Crippen molar-refractivity contribution in [2.45, 2.75) is 104 Å². The van der Waals surface area contributed by atoms with Crippen LogP contribution in [-0.2, 0) is 6.54 Å². The molecule has 1 aromatic heterocycles. The number of piperazine rings is 1. The molecular formula is C36H56N6O2. The summed E-state index contributed by atoms with van der Waals surface area (Å²) in [4.78, 5) is 32.3. The number of carbonyl (C=O) groups excluding carboxylic acids is 1. The molecule has 3 saturated heterocycles. The Labute approximate surface area is 266 Å². The lowest BCUT2D eigenvalue weighted by molar-refractivity contribution is -0.0448. The van der Waals surface area contributed by atoms with Crippen molar-refractivity contribution in [2.24, 2.45) is 5.92 Å². The molecule has 44 heavy (non-hydrogen) atoms. The Morgan fingerprint density at radius 1 is 1.00 bits per heavy atom. The maximum Gasteiger partial charge on any atom is 0.257 e. The Hall–Kier alpha value is -2.55. The number of likely N-dealkylation sites (tertiary alicyclic amines) is 2. The van der Waals surface area contributed by atoms with Gasteiger partial charge in [0, 0.05) is 56.9 Å². The summed E-state index contributed by atoms with van der Waals surface area (Å²) in [6.07, 6.45) is 10.1. The average molecular weight is 605 g/mol. The van der Waals surface area contributed by atoms with Crippen LogP contribution in [0.2, 0.25) is 0 Å². The number of hydrogen-bond acceptors (Lipinski definition) is 7. The average Bonchev–Trinajstić information content (AvgIpc) is 3.03. The topological polar surface area (TPSA) is 65.0 Å². The Bertz CT molecular complexity index is 1200. The van der Waals surface area contributed by atoms with E-state index in [9.17, 15) is 4.79 Å². The summed E-state index contributed by atoms with van der Waals surface area (Å²) < 4.78 is 5.34. The van der Waals surface area contributed by atoms with Crippen molar-refractivity contribution < 1.29 is 9.53 Å². The zero-order valence-corrected chi connectivity index (χ0v) is 28.2. The molecular weight excluding hydrogens is 548 g/mol. The van der Waals surface area contributed by atoms with E-state index in [0.717, 1.165) is 75.2 Å². The number of methoxy groups -OCH3 is 1. The van der Waals surface area contributed by atoms with Crippen LogP contribution in [0.5, 0.6) is 5.75 Å². The van der Waals surface area contributed by atoms with Gasteiger partial charge >= 0.3 is 0 Å². The van der Waals surface area contributed by atoms with E-state index in [-0.39, 0.29) is 11.4 Å². The summed E-state index contributed by atoms with van der Waals surface area (Å²) in [6, 6.07) is 9.80. The van der Waals surface area contributed by atoms with Crippen molar-refractivity contribution in [1.82, 2.24) is 29.6 Å². The van der Waals surface area contributed by atoms with Gasteiger partial charge in [0.15, 0.2) is 0 Å². The number of piperidine rings is 2. The van der Waals surface area contributed by atoms with Gasteiger partial charge in [-0.1, -0.05) is 31.9 Å². The molecule has 2 aromatic rings. The quantitative estimate of drug-likeness (QED) is 0.351. The van der Waals surface area contributed by atoms with Crippen LogP contribution >= 0.6 is 0 Å². The fraction of sp³-hybridized carbons (Fsp3) is 0.694. The molecule has 0 bridgehead atoms. The van der Waals surface area contributed by atoms with Gasteiger partial charge in [0.2, 0.25) is 0 Å². The van der Waals surface area contributed by atoms with Gasteiger partial charge in [0.25, 0.3) is 5.91 Å². The molecule has 8 heteroatoms. The SMILES string of the molecule is CCCC[C@@H](C1CCN(Cc2ccc(OC)cc2)CC1)N1CCN(C2(C)CCN(C(=O)c3c(C)ncnc3C)CC2)C[C@@H]1C. The van der Waals surface area contributed by atoms with Crippen LogP contribution < -0.4 is 4.74 Å². The highest BCUT2D eigenvalue weighted by molar-refractivity contribution is 5.96. The van der Waals surface area contributed by atoms with Gasteiger partial charge in [-0.15, -0.1) is 0 Å². The number of aromatic nitrogens is 2. The Kier molecular flexibility index (Phi) is 11.0. The summed E-state index contributed by atoms with van der Waals surface area (Å²) in [5.41, 5.74) is 3.75. The van der Waals surface area contributed by atoms with E-state index in [1.54, 1.807) is 13.4 Å². The number of nitrogens with zero attached hydrogens (tertiary/aromatic N) is 6. The molecule has 0 N–H and O–H groups in total. The minimum absolute atomic E-state index is 0.0923. The zero-order chi connectivity index (χ0) is 31.3. The summed E-state index contributed by atoms with van der Waals surface area (Å²) in [6.45, 7) is 19.5. The van der Waals surface area contributed by atoms with Crippen molar-refractivity contribution in [3.63, 3.8) is 0 Å². The highest BCUT2D eigenvalue weighted by Gasteiger charge is 2.42. The largest absolute Gasteiger partial charge is 0.497 e. The maximum absolute atomic E-state index is 13.4. The number of amides is 1. The van der Waals surface area contributed by atoms with Crippen molar-refractivity contribution in [1.29, 1.82) is 0 Å². The smallest absolute Gasteiger partial charge is 0.257 e. The lowest BCUT2D eigenvalue weighted by atomic mass is 9.83. The minimum atomic E-state index is 0.0923. The molecule has 3 aliphatic heterocycles. The van der Waals surface area contributed by atoms with Gasteiger partial charge in [-0.25, -0.2) is 9.97 Å². The molecule has 1 aromatic carbocycles. The highest BCUT2D eigenvalue weighted by atomic mass is 16.5.